The van der Waals surface area contributed by atoms with Crippen LogP contribution in [-0.2, 0) is 17.9 Å². The van der Waals surface area contributed by atoms with Crippen LogP contribution in [0, 0.1) is 5.92 Å². The molecule has 4 rings (SSSR count). The molecule has 1 atom stereocenters. The van der Waals surface area contributed by atoms with Gasteiger partial charge in [-0.1, -0.05) is 35.5 Å². The lowest BCUT2D eigenvalue weighted by atomic mass is 10.1. The van der Waals surface area contributed by atoms with Gasteiger partial charge < -0.3 is 4.90 Å². The third kappa shape index (κ3) is 3.50. The Morgan fingerprint density at radius 1 is 1.25 bits per heavy atom. The van der Waals surface area contributed by atoms with E-state index in [0.717, 1.165) is 5.69 Å². The van der Waals surface area contributed by atoms with Gasteiger partial charge in [-0.05, 0) is 44.1 Å². The summed E-state index contributed by atoms with van der Waals surface area (Å²) in [7, 11) is 0. The number of nitrogens with zero attached hydrogens (tertiary/aromatic N) is 4. The van der Waals surface area contributed by atoms with Gasteiger partial charge >= 0.3 is 0 Å². The van der Waals surface area contributed by atoms with Crippen molar-refractivity contribution in [2.45, 2.75) is 57.7 Å². The van der Waals surface area contributed by atoms with E-state index >= 15 is 0 Å². The van der Waals surface area contributed by atoms with Crippen molar-refractivity contribution in [2.75, 3.05) is 0 Å². The van der Waals surface area contributed by atoms with E-state index in [2.05, 4.69) is 29.4 Å². The van der Waals surface area contributed by atoms with Crippen LogP contribution in [0.25, 0.3) is 0 Å². The minimum Gasteiger partial charge on any atom is -0.334 e. The van der Waals surface area contributed by atoms with E-state index in [1.807, 2.05) is 29.3 Å². The molecule has 0 aliphatic heterocycles. The Hall–Kier alpha value is -2.17. The smallest absolute Gasteiger partial charge is 0.244 e. The molecule has 2 aliphatic carbocycles. The first-order chi connectivity index (χ1) is 11.7. The molecule has 1 heterocycles. The fraction of sp³-hybridized carbons (Fsp3) is 0.526. The molecule has 1 amide bonds. The molecule has 1 aromatic heterocycles. The van der Waals surface area contributed by atoms with Crippen LogP contribution in [0.15, 0.2) is 36.5 Å². The average Bonchev–Trinajstić information content (AvgIpc) is 3.51. The maximum atomic E-state index is 12.9. The van der Waals surface area contributed by atoms with Crippen molar-refractivity contribution in [1.82, 2.24) is 19.9 Å². The fourth-order valence-electron chi connectivity index (χ4n) is 3.26. The molecular formula is C19H24N4O. The molecule has 0 bridgehead atoms. The lowest BCUT2D eigenvalue weighted by Crippen LogP contribution is -2.41. The average molecular weight is 324 g/mol. The highest BCUT2D eigenvalue weighted by molar-refractivity contribution is 5.76. The van der Waals surface area contributed by atoms with Crippen LogP contribution in [0.5, 0.6) is 0 Å². The number of hydrogen-bond acceptors (Lipinski definition) is 3. The molecule has 0 saturated heterocycles. The predicted octanol–water partition coefficient (Wildman–Crippen LogP) is 2.98. The second-order valence-electron chi connectivity index (χ2n) is 7.20. The summed E-state index contributed by atoms with van der Waals surface area (Å²) in [5, 5.41) is 8.35. The summed E-state index contributed by atoms with van der Waals surface area (Å²) in [6.45, 7) is 3.13. The lowest BCUT2D eigenvalue weighted by molar-refractivity contribution is -0.135. The van der Waals surface area contributed by atoms with Gasteiger partial charge in [-0.3, -0.25) is 4.79 Å². The zero-order valence-corrected chi connectivity index (χ0v) is 14.1. The summed E-state index contributed by atoms with van der Waals surface area (Å²) >= 11 is 0. The van der Waals surface area contributed by atoms with E-state index < -0.39 is 0 Å². The minimum absolute atomic E-state index is 0.130. The van der Waals surface area contributed by atoms with Crippen molar-refractivity contribution >= 4 is 5.91 Å². The summed E-state index contributed by atoms with van der Waals surface area (Å²) < 4.78 is 1.70. The Balaban J connectivity index is 1.47. The van der Waals surface area contributed by atoms with E-state index in [-0.39, 0.29) is 18.5 Å². The predicted molar refractivity (Wildman–Crippen MR) is 91.2 cm³/mol. The van der Waals surface area contributed by atoms with Gasteiger partial charge in [-0.25, -0.2) is 4.68 Å². The number of benzene rings is 1. The molecule has 0 N–H and O–H groups in total. The summed E-state index contributed by atoms with van der Waals surface area (Å²) in [6, 6.07) is 10.5. The molecule has 2 aromatic rings. The lowest BCUT2D eigenvalue weighted by Gasteiger charge is -2.29. The molecule has 5 nitrogen and oxygen atoms in total. The number of carbonyl (C=O) groups excluding carboxylic acids is 1. The maximum Gasteiger partial charge on any atom is 0.244 e. The molecule has 0 radical (unpaired) electrons. The van der Waals surface area contributed by atoms with Crippen molar-refractivity contribution in [3.05, 3.63) is 47.8 Å². The van der Waals surface area contributed by atoms with Gasteiger partial charge in [0, 0.05) is 24.7 Å². The van der Waals surface area contributed by atoms with Gasteiger partial charge in [0.1, 0.15) is 6.54 Å². The van der Waals surface area contributed by atoms with Gasteiger partial charge in [0.15, 0.2) is 0 Å². The third-order valence-electron chi connectivity index (χ3n) is 5.16. The number of hydrogen-bond donors (Lipinski definition) is 0. The Morgan fingerprint density at radius 3 is 2.67 bits per heavy atom. The zero-order chi connectivity index (χ0) is 16.5. The fourth-order valence-corrected chi connectivity index (χ4v) is 3.26. The highest BCUT2D eigenvalue weighted by Crippen LogP contribution is 2.38. The van der Waals surface area contributed by atoms with Gasteiger partial charge in [-0.15, -0.1) is 5.10 Å². The van der Waals surface area contributed by atoms with Gasteiger partial charge in [0.25, 0.3) is 0 Å². The van der Waals surface area contributed by atoms with Crippen LogP contribution < -0.4 is 0 Å². The monoisotopic (exact) mass is 324 g/mol. The van der Waals surface area contributed by atoms with Crippen LogP contribution in [0.3, 0.4) is 0 Å². The Morgan fingerprint density at radius 2 is 2.00 bits per heavy atom. The molecule has 24 heavy (non-hydrogen) atoms. The van der Waals surface area contributed by atoms with Gasteiger partial charge in [0.05, 0.1) is 5.69 Å². The Labute approximate surface area is 142 Å². The van der Waals surface area contributed by atoms with E-state index in [4.69, 9.17) is 0 Å². The van der Waals surface area contributed by atoms with Gasteiger partial charge in [0.2, 0.25) is 5.91 Å². The molecule has 2 saturated carbocycles. The number of rotatable bonds is 7. The summed E-state index contributed by atoms with van der Waals surface area (Å²) in [5.41, 5.74) is 2.21. The maximum absolute atomic E-state index is 12.9. The van der Waals surface area contributed by atoms with Crippen molar-refractivity contribution in [3.8, 4) is 0 Å². The Kier molecular flexibility index (Phi) is 4.08. The van der Waals surface area contributed by atoms with Crippen LogP contribution in [0.4, 0.5) is 0 Å². The molecular weight excluding hydrogens is 300 g/mol. The van der Waals surface area contributed by atoms with E-state index in [1.54, 1.807) is 4.68 Å². The molecule has 0 unspecified atom stereocenters. The van der Waals surface area contributed by atoms with Gasteiger partial charge in [-0.2, -0.15) is 0 Å². The molecule has 0 spiro atoms. The third-order valence-corrected chi connectivity index (χ3v) is 5.16. The molecule has 5 heteroatoms. The normalized spacial score (nSPS) is 18.4. The topological polar surface area (TPSA) is 51.0 Å². The highest BCUT2D eigenvalue weighted by atomic mass is 16.2. The molecule has 126 valence electrons. The van der Waals surface area contributed by atoms with Crippen molar-refractivity contribution < 1.29 is 4.79 Å². The van der Waals surface area contributed by atoms with Crippen LogP contribution >= 0.6 is 0 Å². The standard InChI is InChI=1S/C19H24N4O/c1-14(16-7-8-16)23(11-15-5-3-2-4-6-15)19(24)13-22-12-18(20-21-22)17-9-10-17/h2-6,12,14,16-17H,7-11,13H2,1H3/t14-/m0/s1. The van der Waals surface area contributed by atoms with Crippen molar-refractivity contribution in [1.29, 1.82) is 0 Å². The summed E-state index contributed by atoms with van der Waals surface area (Å²) in [4.78, 5) is 14.9. The minimum atomic E-state index is 0.130. The van der Waals surface area contributed by atoms with Crippen LogP contribution in [0.1, 0.15) is 49.8 Å². The van der Waals surface area contributed by atoms with E-state index in [1.165, 1.54) is 31.2 Å². The van der Waals surface area contributed by atoms with Crippen molar-refractivity contribution in [2.24, 2.45) is 5.92 Å². The first-order valence-corrected chi connectivity index (χ1v) is 8.94. The second kappa shape index (κ2) is 6.38. The van der Waals surface area contributed by atoms with E-state index in [9.17, 15) is 4.79 Å². The largest absolute Gasteiger partial charge is 0.334 e. The summed E-state index contributed by atoms with van der Waals surface area (Å²) in [5.74, 6) is 1.35. The zero-order valence-electron chi connectivity index (χ0n) is 14.1. The first-order valence-electron chi connectivity index (χ1n) is 8.94. The number of aromatic nitrogens is 3. The molecule has 2 aliphatic rings. The first kappa shape index (κ1) is 15.4. The Bertz CT molecular complexity index is 703. The number of amides is 1. The van der Waals surface area contributed by atoms with Crippen molar-refractivity contribution in [3.63, 3.8) is 0 Å². The van der Waals surface area contributed by atoms with E-state index in [0.29, 0.717) is 18.4 Å². The van der Waals surface area contributed by atoms with Crippen LogP contribution in [0.2, 0.25) is 0 Å². The molecule has 2 fully saturated rings. The quantitative estimate of drug-likeness (QED) is 0.787. The SMILES string of the molecule is C[C@@H](C1CC1)N(Cc1ccccc1)C(=O)Cn1cc(C2CC2)nn1. The highest BCUT2D eigenvalue weighted by Gasteiger charge is 2.34. The summed E-state index contributed by atoms with van der Waals surface area (Å²) in [6.07, 6.45) is 6.80. The van der Waals surface area contributed by atoms with Crippen LogP contribution in [-0.4, -0.2) is 31.8 Å². The molecule has 1 aromatic carbocycles. The number of carbonyl (C=O) groups is 1. The second-order valence-corrected chi connectivity index (χ2v) is 7.20.